The molecule has 0 saturated heterocycles. The van der Waals surface area contributed by atoms with E-state index >= 15 is 0 Å². The maximum atomic E-state index is 11.3. The normalized spacial score (nSPS) is 10.1. The lowest BCUT2D eigenvalue weighted by Crippen LogP contribution is -2.27. The lowest BCUT2D eigenvalue weighted by Gasteiger charge is -2.08. The highest BCUT2D eigenvalue weighted by Crippen LogP contribution is 2.06. The van der Waals surface area contributed by atoms with E-state index in [1.807, 2.05) is 13.8 Å². The van der Waals surface area contributed by atoms with Gasteiger partial charge in [-0.1, -0.05) is 27.6 Å². The third kappa shape index (κ3) is 2.24. The van der Waals surface area contributed by atoms with E-state index in [4.69, 9.17) is 0 Å². The number of hydrogen-bond donors (Lipinski definition) is 0. The van der Waals surface area contributed by atoms with Gasteiger partial charge >= 0.3 is 5.69 Å². The summed E-state index contributed by atoms with van der Waals surface area (Å²) < 4.78 is 2.27. The molecule has 1 rings (SSSR count). The first-order valence-electron chi connectivity index (χ1n) is 3.76. The first kappa shape index (κ1) is 10.1. The Kier molecular flexibility index (Phi) is 2.98. The third-order valence-corrected chi connectivity index (χ3v) is 2.03. The van der Waals surface area contributed by atoms with Crippen LogP contribution in [-0.4, -0.2) is 14.8 Å². The van der Waals surface area contributed by atoms with Crippen LogP contribution in [0, 0.1) is 13.8 Å². The summed E-state index contributed by atoms with van der Waals surface area (Å²) >= 11 is 3.20. The first-order chi connectivity index (χ1) is 6.02. The highest BCUT2D eigenvalue weighted by atomic mass is 79.9. The quantitative estimate of drug-likeness (QED) is 0.784. The molecule has 0 bridgehead atoms. The molecule has 0 unspecified atom stereocenters. The number of nitrogens with zero attached hydrogens (tertiary/aromatic N) is 3. The number of aromatic nitrogens is 3. The number of halogens is 1. The van der Waals surface area contributed by atoms with E-state index in [1.165, 1.54) is 4.57 Å². The summed E-state index contributed by atoms with van der Waals surface area (Å²) in [5, 5.41) is 7.21. The SMILES string of the molecule is C=C(Br)Cn1c(C)c(C)nnc1=O. The molecule has 0 spiro atoms. The predicted octanol–water partition coefficient (Wildman–Crippen LogP) is 1.16. The molecule has 1 aromatic heterocycles. The fourth-order valence-corrected chi connectivity index (χ4v) is 1.19. The molecule has 0 aliphatic carbocycles. The molecular formula is C8H10BrN3O. The van der Waals surface area contributed by atoms with Gasteiger partial charge in [0.25, 0.3) is 0 Å². The van der Waals surface area contributed by atoms with Crippen LogP contribution >= 0.6 is 15.9 Å². The fourth-order valence-electron chi connectivity index (χ4n) is 0.941. The van der Waals surface area contributed by atoms with E-state index in [0.29, 0.717) is 6.54 Å². The van der Waals surface area contributed by atoms with E-state index in [0.717, 1.165) is 15.9 Å². The number of aryl methyl sites for hydroxylation is 1. The van der Waals surface area contributed by atoms with Gasteiger partial charge in [0.05, 0.1) is 12.2 Å². The van der Waals surface area contributed by atoms with Crippen molar-refractivity contribution in [3.8, 4) is 0 Å². The monoisotopic (exact) mass is 243 g/mol. The van der Waals surface area contributed by atoms with Crippen molar-refractivity contribution < 1.29 is 0 Å². The average molecular weight is 244 g/mol. The standard InChI is InChI=1S/C8H10BrN3O/c1-5(9)4-12-7(3)6(2)10-11-8(12)13/h1,4H2,2-3H3. The number of allylic oxidation sites excluding steroid dienone is 1. The molecule has 0 aromatic carbocycles. The number of hydrogen-bond acceptors (Lipinski definition) is 3. The molecule has 13 heavy (non-hydrogen) atoms. The van der Waals surface area contributed by atoms with Gasteiger partial charge in [0.1, 0.15) is 0 Å². The minimum atomic E-state index is -0.344. The molecule has 0 amide bonds. The summed E-state index contributed by atoms with van der Waals surface area (Å²) in [5.41, 5.74) is 1.23. The summed E-state index contributed by atoms with van der Waals surface area (Å²) in [6, 6.07) is 0. The predicted molar refractivity (Wildman–Crippen MR) is 53.8 cm³/mol. The van der Waals surface area contributed by atoms with Gasteiger partial charge in [-0.25, -0.2) is 4.79 Å². The molecule has 5 heteroatoms. The molecule has 1 aromatic rings. The molecule has 0 aliphatic heterocycles. The van der Waals surface area contributed by atoms with Crippen molar-refractivity contribution >= 4 is 15.9 Å². The maximum Gasteiger partial charge on any atom is 0.366 e. The topological polar surface area (TPSA) is 47.8 Å². The van der Waals surface area contributed by atoms with Gasteiger partial charge in [0.2, 0.25) is 0 Å². The molecule has 70 valence electrons. The molecular weight excluding hydrogens is 234 g/mol. The van der Waals surface area contributed by atoms with Crippen molar-refractivity contribution in [3.63, 3.8) is 0 Å². The second-order valence-corrected chi connectivity index (χ2v) is 3.88. The van der Waals surface area contributed by atoms with Gasteiger partial charge in [0.15, 0.2) is 0 Å². The Balaban J connectivity index is 3.25. The van der Waals surface area contributed by atoms with Crippen LogP contribution in [0.25, 0.3) is 0 Å². The van der Waals surface area contributed by atoms with Gasteiger partial charge in [-0.15, -0.1) is 5.10 Å². The van der Waals surface area contributed by atoms with Gasteiger partial charge < -0.3 is 0 Å². The minimum Gasteiger partial charge on any atom is -0.289 e. The number of rotatable bonds is 2. The molecule has 0 N–H and O–H groups in total. The van der Waals surface area contributed by atoms with E-state index in [1.54, 1.807) is 0 Å². The minimum absolute atomic E-state index is 0.344. The molecule has 4 nitrogen and oxygen atoms in total. The van der Waals surface area contributed by atoms with Crippen LogP contribution in [0.15, 0.2) is 15.9 Å². The molecule has 0 aliphatic rings. The zero-order chi connectivity index (χ0) is 10.0. The fraction of sp³-hybridized carbons (Fsp3) is 0.375. The van der Waals surface area contributed by atoms with Crippen molar-refractivity contribution in [2.24, 2.45) is 0 Å². The molecule has 0 fully saturated rings. The molecule has 0 radical (unpaired) electrons. The van der Waals surface area contributed by atoms with E-state index in [2.05, 4.69) is 32.7 Å². The third-order valence-electron chi connectivity index (χ3n) is 1.77. The molecule has 0 saturated carbocycles. The van der Waals surface area contributed by atoms with E-state index in [9.17, 15) is 4.79 Å². The van der Waals surface area contributed by atoms with E-state index in [-0.39, 0.29) is 5.69 Å². The lowest BCUT2D eigenvalue weighted by molar-refractivity contribution is 0.664. The molecule has 0 atom stereocenters. The van der Waals surface area contributed by atoms with Gasteiger partial charge in [-0.2, -0.15) is 0 Å². The Hall–Kier alpha value is -0.970. The summed E-state index contributed by atoms with van der Waals surface area (Å²) in [4.78, 5) is 11.3. The lowest BCUT2D eigenvalue weighted by atomic mass is 10.3. The first-order valence-corrected chi connectivity index (χ1v) is 4.55. The van der Waals surface area contributed by atoms with Gasteiger partial charge in [-0.3, -0.25) is 4.57 Å². The Bertz CT molecular complexity index is 397. The molecule has 1 heterocycles. The largest absolute Gasteiger partial charge is 0.366 e. The van der Waals surface area contributed by atoms with Crippen LogP contribution in [0.4, 0.5) is 0 Å². The van der Waals surface area contributed by atoms with Crippen LogP contribution < -0.4 is 5.69 Å². The van der Waals surface area contributed by atoms with Crippen molar-refractivity contribution in [2.75, 3.05) is 0 Å². The van der Waals surface area contributed by atoms with Crippen molar-refractivity contribution in [1.29, 1.82) is 0 Å². The van der Waals surface area contributed by atoms with Crippen LogP contribution in [0.2, 0.25) is 0 Å². The zero-order valence-corrected chi connectivity index (χ0v) is 9.13. The highest BCUT2D eigenvalue weighted by molar-refractivity contribution is 9.11. The second-order valence-electron chi connectivity index (χ2n) is 2.76. The Labute approximate surface area is 84.4 Å². The average Bonchev–Trinajstić information content (AvgIpc) is 2.05. The van der Waals surface area contributed by atoms with Gasteiger partial charge in [0, 0.05) is 10.2 Å². The summed E-state index contributed by atoms with van der Waals surface area (Å²) in [7, 11) is 0. The smallest absolute Gasteiger partial charge is 0.289 e. The van der Waals surface area contributed by atoms with Crippen molar-refractivity contribution in [2.45, 2.75) is 20.4 Å². The zero-order valence-electron chi connectivity index (χ0n) is 7.54. The summed E-state index contributed by atoms with van der Waals surface area (Å²) in [6.07, 6.45) is 0. The Morgan fingerprint density at radius 2 is 2.15 bits per heavy atom. The second kappa shape index (κ2) is 3.83. The summed E-state index contributed by atoms with van der Waals surface area (Å²) in [5.74, 6) is 0. The van der Waals surface area contributed by atoms with E-state index < -0.39 is 0 Å². The van der Waals surface area contributed by atoms with Gasteiger partial charge in [-0.05, 0) is 13.8 Å². The maximum absolute atomic E-state index is 11.3. The van der Waals surface area contributed by atoms with Crippen LogP contribution in [0.1, 0.15) is 11.4 Å². The van der Waals surface area contributed by atoms with Crippen LogP contribution in [-0.2, 0) is 6.54 Å². The summed E-state index contributed by atoms with van der Waals surface area (Å²) in [6.45, 7) is 7.75. The van der Waals surface area contributed by atoms with Crippen LogP contribution in [0.3, 0.4) is 0 Å². The highest BCUT2D eigenvalue weighted by Gasteiger charge is 2.05. The Morgan fingerprint density at radius 3 is 2.69 bits per heavy atom. The van der Waals surface area contributed by atoms with Crippen molar-refractivity contribution in [3.05, 3.63) is 32.9 Å². The Morgan fingerprint density at radius 1 is 1.54 bits per heavy atom. The van der Waals surface area contributed by atoms with Crippen molar-refractivity contribution in [1.82, 2.24) is 14.8 Å². The van der Waals surface area contributed by atoms with Crippen LogP contribution in [0.5, 0.6) is 0 Å².